The van der Waals surface area contributed by atoms with Crippen LogP contribution in [0.3, 0.4) is 0 Å². The molecule has 0 fully saturated rings. The zero-order valence-corrected chi connectivity index (χ0v) is 12.2. The van der Waals surface area contributed by atoms with Gasteiger partial charge in [-0.3, -0.25) is 0 Å². The number of hydrogen-bond donors (Lipinski definition) is 1. The molecule has 0 aliphatic heterocycles. The minimum absolute atomic E-state index is 0.195. The fourth-order valence-electron chi connectivity index (χ4n) is 1.90. The van der Waals surface area contributed by atoms with Crippen LogP contribution >= 0.6 is 11.6 Å². The van der Waals surface area contributed by atoms with E-state index in [9.17, 15) is 4.39 Å². The molecule has 0 spiro atoms. The van der Waals surface area contributed by atoms with Crippen LogP contribution in [0.2, 0.25) is 5.02 Å². The van der Waals surface area contributed by atoms with E-state index in [2.05, 4.69) is 26.1 Å². The van der Waals surface area contributed by atoms with Gasteiger partial charge in [-0.25, -0.2) is 4.39 Å². The van der Waals surface area contributed by atoms with Crippen LogP contribution in [0.15, 0.2) is 18.2 Å². The monoisotopic (exact) mass is 271 g/mol. The van der Waals surface area contributed by atoms with Crippen molar-refractivity contribution in [1.82, 2.24) is 5.32 Å². The standard InChI is InChI=1S/C15H23ClFN/c1-11(2)6-4-5-9-18-12(3)13-7-8-15(17)14(16)10-13/h7-8,10-12,18H,4-6,9H2,1-3H3. The second-order valence-electron chi connectivity index (χ2n) is 5.24. The first-order chi connectivity index (χ1) is 8.50. The number of nitrogens with one attached hydrogen (secondary N) is 1. The molecule has 0 saturated heterocycles. The van der Waals surface area contributed by atoms with Gasteiger partial charge < -0.3 is 5.32 Å². The first-order valence-electron chi connectivity index (χ1n) is 6.69. The average Bonchev–Trinajstić information content (AvgIpc) is 2.31. The molecule has 1 unspecified atom stereocenters. The molecule has 1 nitrogen and oxygen atoms in total. The lowest BCUT2D eigenvalue weighted by Crippen LogP contribution is -2.20. The molecule has 1 atom stereocenters. The van der Waals surface area contributed by atoms with E-state index in [1.165, 1.54) is 25.3 Å². The van der Waals surface area contributed by atoms with Crippen LogP contribution in [-0.2, 0) is 0 Å². The maximum absolute atomic E-state index is 13.0. The Hall–Kier alpha value is -0.600. The van der Waals surface area contributed by atoms with Gasteiger partial charge in [-0.2, -0.15) is 0 Å². The molecule has 0 amide bonds. The van der Waals surface area contributed by atoms with E-state index >= 15 is 0 Å². The SMILES string of the molecule is CC(C)CCCCNC(C)c1ccc(F)c(Cl)c1. The Morgan fingerprint density at radius 3 is 2.56 bits per heavy atom. The van der Waals surface area contributed by atoms with Crippen molar-refractivity contribution in [2.24, 2.45) is 5.92 Å². The van der Waals surface area contributed by atoms with E-state index in [0.29, 0.717) is 0 Å². The smallest absolute Gasteiger partial charge is 0.141 e. The summed E-state index contributed by atoms with van der Waals surface area (Å²) in [6.45, 7) is 7.56. The lowest BCUT2D eigenvalue weighted by molar-refractivity contribution is 0.497. The van der Waals surface area contributed by atoms with Crippen LogP contribution in [-0.4, -0.2) is 6.54 Å². The molecule has 3 heteroatoms. The quantitative estimate of drug-likeness (QED) is 0.692. The average molecular weight is 272 g/mol. The summed E-state index contributed by atoms with van der Waals surface area (Å²) in [7, 11) is 0. The lowest BCUT2D eigenvalue weighted by Gasteiger charge is -2.15. The van der Waals surface area contributed by atoms with E-state index in [4.69, 9.17) is 11.6 Å². The van der Waals surface area contributed by atoms with Crippen molar-refractivity contribution in [2.45, 2.75) is 46.1 Å². The Bertz CT molecular complexity index is 366. The van der Waals surface area contributed by atoms with E-state index in [0.717, 1.165) is 18.0 Å². The van der Waals surface area contributed by atoms with E-state index in [-0.39, 0.29) is 16.9 Å². The Balaban J connectivity index is 2.31. The van der Waals surface area contributed by atoms with E-state index < -0.39 is 0 Å². The fourth-order valence-corrected chi connectivity index (χ4v) is 2.08. The van der Waals surface area contributed by atoms with Gasteiger partial charge in [-0.05, 0) is 43.5 Å². The third kappa shape index (κ3) is 5.36. The van der Waals surface area contributed by atoms with Crippen LogP contribution < -0.4 is 5.32 Å². The molecule has 1 aromatic rings. The molecule has 1 aromatic carbocycles. The molecule has 18 heavy (non-hydrogen) atoms. The number of halogens is 2. The lowest BCUT2D eigenvalue weighted by atomic mass is 10.1. The third-order valence-electron chi connectivity index (χ3n) is 3.10. The van der Waals surface area contributed by atoms with E-state index in [1.807, 2.05) is 0 Å². The highest BCUT2D eigenvalue weighted by Crippen LogP contribution is 2.20. The number of benzene rings is 1. The van der Waals surface area contributed by atoms with Gasteiger partial charge in [-0.1, -0.05) is 44.4 Å². The molecule has 1 rings (SSSR count). The molecule has 0 radical (unpaired) electrons. The molecule has 0 aromatic heterocycles. The molecule has 0 aliphatic rings. The normalized spacial score (nSPS) is 13.0. The minimum atomic E-state index is -0.357. The summed E-state index contributed by atoms with van der Waals surface area (Å²) in [5.41, 5.74) is 1.03. The van der Waals surface area contributed by atoms with Crippen molar-refractivity contribution >= 4 is 11.6 Å². The van der Waals surface area contributed by atoms with Crippen LogP contribution in [0.5, 0.6) is 0 Å². The van der Waals surface area contributed by atoms with Crippen molar-refractivity contribution < 1.29 is 4.39 Å². The molecular formula is C15H23ClFN. The molecule has 0 bridgehead atoms. The van der Waals surface area contributed by atoms with Crippen molar-refractivity contribution in [2.75, 3.05) is 6.54 Å². The maximum Gasteiger partial charge on any atom is 0.141 e. The fraction of sp³-hybridized carbons (Fsp3) is 0.600. The van der Waals surface area contributed by atoms with Crippen molar-refractivity contribution in [3.05, 3.63) is 34.6 Å². The molecular weight excluding hydrogens is 249 g/mol. The van der Waals surface area contributed by atoms with E-state index in [1.54, 1.807) is 12.1 Å². The Kier molecular flexibility index (Phi) is 6.66. The van der Waals surface area contributed by atoms with Crippen LogP contribution in [0.25, 0.3) is 0 Å². The number of unbranched alkanes of at least 4 members (excludes halogenated alkanes) is 1. The predicted octanol–water partition coefficient (Wildman–Crippen LogP) is 4.96. The van der Waals surface area contributed by atoms with Gasteiger partial charge in [-0.15, -0.1) is 0 Å². The summed E-state index contributed by atoms with van der Waals surface area (Å²) >= 11 is 5.77. The molecule has 0 aliphatic carbocycles. The van der Waals surface area contributed by atoms with Gasteiger partial charge in [0.15, 0.2) is 0 Å². The summed E-state index contributed by atoms with van der Waals surface area (Å²) in [4.78, 5) is 0. The van der Waals surface area contributed by atoms with Crippen LogP contribution in [0.1, 0.15) is 51.6 Å². The highest BCUT2D eigenvalue weighted by Gasteiger charge is 2.07. The minimum Gasteiger partial charge on any atom is -0.310 e. The Labute approximate surface area is 115 Å². The Morgan fingerprint density at radius 2 is 1.94 bits per heavy atom. The maximum atomic E-state index is 13.0. The molecule has 102 valence electrons. The highest BCUT2D eigenvalue weighted by molar-refractivity contribution is 6.30. The second-order valence-corrected chi connectivity index (χ2v) is 5.65. The van der Waals surface area contributed by atoms with Crippen molar-refractivity contribution in [1.29, 1.82) is 0 Å². The molecule has 0 saturated carbocycles. The summed E-state index contributed by atoms with van der Waals surface area (Å²) in [6.07, 6.45) is 3.71. The second kappa shape index (κ2) is 7.75. The van der Waals surface area contributed by atoms with Crippen molar-refractivity contribution in [3.63, 3.8) is 0 Å². The van der Waals surface area contributed by atoms with Gasteiger partial charge in [0.05, 0.1) is 5.02 Å². The highest BCUT2D eigenvalue weighted by atomic mass is 35.5. The summed E-state index contributed by atoms with van der Waals surface area (Å²) in [6, 6.07) is 5.12. The van der Waals surface area contributed by atoms with Gasteiger partial charge in [0.2, 0.25) is 0 Å². The topological polar surface area (TPSA) is 12.0 Å². The zero-order chi connectivity index (χ0) is 13.5. The van der Waals surface area contributed by atoms with Crippen LogP contribution in [0.4, 0.5) is 4.39 Å². The third-order valence-corrected chi connectivity index (χ3v) is 3.39. The first-order valence-corrected chi connectivity index (χ1v) is 7.07. The molecule has 0 heterocycles. The van der Waals surface area contributed by atoms with Crippen molar-refractivity contribution in [3.8, 4) is 0 Å². The predicted molar refractivity (Wildman–Crippen MR) is 76.5 cm³/mol. The van der Waals surface area contributed by atoms with Gasteiger partial charge in [0.1, 0.15) is 5.82 Å². The van der Waals surface area contributed by atoms with Crippen LogP contribution in [0, 0.1) is 11.7 Å². The largest absolute Gasteiger partial charge is 0.310 e. The first kappa shape index (κ1) is 15.5. The summed E-state index contributed by atoms with van der Waals surface area (Å²) in [5, 5.41) is 3.63. The molecule has 1 N–H and O–H groups in total. The van der Waals surface area contributed by atoms with Gasteiger partial charge in [0, 0.05) is 6.04 Å². The van der Waals surface area contributed by atoms with Gasteiger partial charge >= 0.3 is 0 Å². The zero-order valence-electron chi connectivity index (χ0n) is 11.5. The number of rotatable bonds is 7. The summed E-state index contributed by atoms with van der Waals surface area (Å²) in [5.74, 6) is 0.419. The Morgan fingerprint density at radius 1 is 1.22 bits per heavy atom. The number of hydrogen-bond acceptors (Lipinski definition) is 1. The summed E-state index contributed by atoms with van der Waals surface area (Å²) < 4.78 is 13.0. The van der Waals surface area contributed by atoms with Gasteiger partial charge in [0.25, 0.3) is 0 Å².